The van der Waals surface area contributed by atoms with Crippen molar-refractivity contribution in [2.24, 2.45) is 0 Å². The monoisotopic (exact) mass is 185 g/mol. The molecule has 3 nitrogen and oxygen atoms in total. The van der Waals surface area contributed by atoms with Crippen LogP contribution in [0.5, 0.6) is 0 Å². The van der Waals surface area contributed by atoms with Gasteiger partial charge in [-0.1, -0.05) is 12.1 Å². The second-order valence-electron chi connectivity index (χ2n) is 2.44. The van der Waals surface area contributed by atoms with E-state index >= 15 is 0 Å². The van der Waals surface area contributed by atoms with Crippen molar-refractivity contribution in [3.63, 3.8) is 0 Å². The van der Waals surface area contributed by atoms with Gasteiger partial charge in [-0.25, -0.2) is 8.42 Å². The average molecular weight is 185 g/mol. The summed E-state index contributed by atoms with van der Waals surface area (Å²) in [6, 6.07) is 7.35. The van der Waals surface area contributed by atoms with E-state index in [2.05, 4.69) is 5.32 Å². The maximum absolute atomic E-state index is 10.4. The Bertz CT molecular complexity index is 326. The maximum atomic E-state index is 10.4. The van der Waals surface area contributed by atoms with Gasteiger partial charge < -0.3 is 5.32 Å². The third-order valence-corrected chi connectivity index (χ3v) is 2.15. The molecule has 0 aliphatic rings. The summed E-state index contributed by atoms with van der Waals surface area (Å²) < 4.78 is 20.8. The first-order chi connectivity index (χ1) is 5.72. The third kappa shape index (κ3) is 2.54. The van der Waals surface area contributed by atoms with Crippen LogP contribution < -0.4 is 5.32 Å². The molecule has 0 bridgehead atoms. The average Bonchev–Trinajstić information content (AvgIpc) is 2.03. The Labute approximate surface area is 73.4 Å². The van der Waals surface area contributed by atoms with Gasteiger partial charge in [-0.2, -0.15) is 0 Å². The summed E-state index contributed by atoms with van der Waals surface area (Å²) in [6.45, 7) is 0. The number of hydrogen-bond donors (Lipinski definition) is 2. The summed E-state index contributed by atoms with van der Waals surface area (Å²) in [5.74, 6) is 0.116. The summed E-state index contributed by atoms with van der Waals surface area (Å²) in [6.07, 6.45) is 0. The lowest BCUT2D eigenvalue weighted by atomic mass is 10.2. The fraction of sp³-hybridized carbons (Fsp3) is 0.250. The third-order valence-electron chi connectivity index (χ3n) is 1.53. The molecule has 1 aromatic carbocycles. The van der Waals surface area contributed by atoms with Crippen molar-refractivity contribution in [1.82, 2.24) is 0 Å². The van der Waals surface area contributed by atoms with Crippen molar-refractivity contribution in [1.29, 1.82) is 0 Å². The van der Waals surface area contributed by atoms with Crippen LogP contribution in [0.25, 0.3) is 0 Å². The minimum atomic E-state index is -2.32. The van der Waals surface area contributed by atoms with Gasteiger partial charge in [0.15, 0.2) is 0 Å². The number of rotatable bonds is 3. The minimum Gasteiger partial charge on any atom is -0.388 e. The predicted octanol–water partition coefficient (Wildman–Crippen LogP) is 0.840. The molecule has 0 radical (unpaired) electrons. The van der Waals surface area contributed by atoms with Gasteiger partial charge in [0.05, 0.1) is 5.75 Å². The van der Waals surface area contributed by atoms with Crippen molar-refractivity contribution >= 4 is 16.4 Å². The smallest absolute Gasteiger partial charge is 0.144 e. The highest BCUT2D eigenvalue weighted by molar-refractivity contribution is 7.71. The van der Waals surface area contributed by atoms with Crippen molar-refractivity contribution in [3.8, 4) is 0 Å². The molecule has 0 heterocycles. The molecule has 0 aliphatic carbocycles. The van der Waals surface area contributed by atoms with E-state index in [1.165, 1.54) is 0 Å². The Morgan fingerprint density at radius 1 is 1.42 bits per heavy atom. The molecule has 0 fully saturated rings. The van der Waals surface area contributed by atoms with Crippen LogP contribution >= 0.6 is 0 Å². The second-order valence-corrected chi connectivity index (χ2v) is 3.42. The summed E-state index contributed by atoms with van der Waals surface area (Å²) in [7, 11) is -0.520. The largest absolute Gasteiger partial charge is 0.388 e. The zero-order valence-corrected chi connectivity index (χ0v) is 7.67. The topological polar surface area (TPSA) is 46.2 Å². The Hall–Kier alpha value is -1.03. The lowest BCUT2D eigenvalue weighted by Crippen LogP contribution is -1.91. The van der Waals surface area contributed by atoms with E-state index in [0.29, 0.717) is 0 Å². The van der Waals surface area contributed by atoms with Crippen LogP contribution in [-0.4, -0.2) is 15.5 Å². The van der Waals surface area contributed by atoms with Gasteiger partial charge in [0.2, 0.25) is 0 Å². The van der Waals surface area contributed by atoms with Crippen LogP contribution in [0.4, 0.5) is 5.69 Å². The number of benzene rings is 1. The van der Waals surface area contributed by atoms with Gasteiger partial charge in [0.1, 0.15) is 10.7 Å². The molecule has 0 aromatic heterocycles. The number of thiol groups is 1. The molecule has 1 N–H and O–H groups in total. The van der Waals surface area contributed by atoms with E-state index in [1.54, 1.807) is 13.1 Å². The lowest BCUT2D eigenvalue weighted by molar-refractivity contribution is 0.614. The van der Waals surface area contributed by atoms with Crippen LogP contribution in [0.2, 0.25) is 0 Å². The molecule has 66 valence electrons. The molecule has 4 heteroatoms. The van der Waals surface area contributed by atoms with Crippen LogP contribution in [0.15, 0.2) is 24.3 Å². The molecule has 0 saturated carbocycles. The zero-order valence-electron chi connectivity index (χ0n) is 6.78. The molecule has 0 unspecified atom stereocenters. The number of anilines is 1. The normalized spacial score (nSPS) is 10.2. The summed E-state index contributed by atoms with van der Waals surface area (Å²) in [5, 5.41) is 2.94. The van der Waals surface area contributed by atoms with Gasteiger partial charge in [-0.05, 0) is 17.7 Å². The number of hydrogen-bond acceptors (Lipinski definition) is 3. The first-order valence-corrected chi connectivity index (χ1v) is 4.97. The second kappa shape index (κ2) is 4.11. The van der Waals surface area contributed by atoms with E-state index in [9.17, 15) is 8.42 Å². The van der Waals surface area contributed by atoms with Crippen molar-refractivity contribution in [3.05, 3.63) is 29.8 Å². The Kier molecular flexibility index (Phi) is 3.10. The summed E-state index contributed by atoms with van der Waals surface area (Å²) in [5.41, 5.74) is 1.75. The van der Waals surface area contributed by atoms with E-state index in [0.717, 1.165) is 11.3 Å². The Balaban J connectivity index is 2.86. The maximum Gasteiger partial charge on any atom is 0.144 e. The predicted molar refractivity (Wildman–Crippen MR) is 50.0 cm³/mol. The molecule has 1 aromatic rings. The quantitative estimate of drug-likeness (QED) is 0.686. The Morgan fingerprint density at radius 2 is 2.17 bits per heavy atom. The standard InChI is InChI=1S/C8H11NO2S/c1-9-8-4-2-3-7(5-8)6-12(10)11/h2-5,9,12H,6H2,1H3. The molecular formula is C8H11NO2S. The first-order valence-electron chi connectivity index (χ1n) is 3.61. The van der Waals surface area contributed by atoms with E-state index in [1.807, 2.05) is 18.2 Å². The van der Waals surface area contributed by atoms with E-state index in [4.69, 9.17) is 0 Å². The van der Waals surface area contributed by atoms with Gasteiger partial charge in [-0.15, -0.1) is 0 Å². The molecule has 0 saturated heterocycles. The van der Waals surface area contributed by atoms with E-state index in [-0.39, 0.29) is 5.75 Å². The van der Waals surface area contributed by atoms with Gasteiger partial charge >= 0.3 is 0 Å². The number of nitrogens with one attached hydrogen (secondary N) is 1. The van der Waals surface area contributed by atoms with Crippen LogP contribution in [-0.2, 0) is 16.5 Å². The van der Waals surface area contributed by atoms with Crippen molar-refractivity contribution in [2.75, 3.05) is 12.4 Å². The van der Waals surface area contributed by atoms with E-state index < -0.39 is 10.7 Å². The van der Waals surface area contributed by atoms with Crippen LogP contribution in [0.1, 0.15) is 5.56 Å². The fourth-order valence-electron chi connectivity index (χ4n) is 0.974. The van der Waals surface area contributed by atoms with Crippen molar-refractivity contribution < 1.29 is 8.42 Å². The molecule has 12 heavy (non-hydrogen) atoms. The minimum absolute atomic E-state index is 0.116. The Morgan fingerprint density at radius 3 is 2.75 bits per heavy atom. The molecular weight excluding hydrogens is 174 g/mol. The lowest BCUT2D eigenvalue weighted by Gasteiger charge is -2.00. The highest BCUT2D eigenvalue weighted by Gasteiger charge is 1.94. The van der Waals surface area contributed by atoms with Gasteiger partial charge in [-0.3, -0.25) is 0 Å². The molecule has 0 aliphatic heterocycles. The van der Waals surface area contributed by atoms with Gasteiger partial charge in [0.25, 0.3) is 0 Å². The summed E-state index contributed by atoms with van der Waals surface area (Å²) in [4.78, 5) is 0. The molecule has 0 amide bonds. The zero-order chi connectivity index (χ0) is 8.97. The molecule has 1 rings (SSSR count). The first kappa shape index (κ1) is 9.06. The molecule has 0 spiro atoms. The summed E-state index contributed by atoms with van der Waals surface area (Å²) >= 11 is 0. The van der Waals surface area contributed by atoms with Gasteiger partial charge in [0, 0.05) is 12.7 Å². The van der Waals surface area contributed by atoms with Crippen molar-refractivity contribution in [2.45, 2.75) is 5.75 Å². The highest BCUT2D eigenvalue weighted by Crippen LogP contribution is 2.09. The van der Waals surface area contributed by atoms with Crippen LogP contribution in [0, 0.1) is 0 Å². The SMILES string of the molecule is CNc1cccc(C[SH](=O)=O)c1. The van der Waals surface area contributed by atoms with Crippen LogP contribution in [0.3, 0.4) is 0 Å². The molecule has 0 atom stereocenters. The fourth-order valence-corrected chi connectivity index (χ4v) is 1.47. The highest BCUT2D eigenvalue weighted by atomic mass is 32.2.